The summed E-state index contributed by atoms with van der Waals surface area (Å²) in [5, 5.41) is 19.1. The van der Waals surface area contributed by atoms with Gasteiger partial charge in [0.05, 0.1) is 13.1 Å². The Morgan fingerprint density at radius 1 is 0.889 bits per heavy atom. The van der Waals surface area contributed by atoms with Gasteiger partial charge < -0.3 is 0 Å². The van der Waals surface area contributed by atoms with Crippen molar-refractivity contribution < 1.29 is 0 Å². The van der Waals surface area contributed by atoms with Crippen LogP contribution in [0.15, 0.2) is 95.8 Å². The number of hydrogen-bond acceptors (Lipinski definition) is 5. The summed E-state index contributed by atoms with van der Waals surface area (Å²) in [6.07, 6.45) is 5.38. The zero-order valence-electron chi connectivity index (χ0n) is 20.1. The molecule has 0 aliphatic heterocycles. The van der Waals surface area contributed by atoms with E-state index in [2.05, 4.69) is 62.1 Å². The Labute approximate surface area is 208 Å². The van der Waals surface area contributed by atoms with Gasteiger partial charge in [0.25, 0.3) is 0 Å². The molecule has 5 aromatic rings. The monoisotopic (exact) mass is 477 g/mol. The molecule has 36 heavy (non-hydrogen) atoms. The minimum Gasteiger partial charge on any atom is -0.274 e. The van der Waals surface area contributed by atoms with Gasteiger partial charge in [-0.1, -0.05) is 91.0 Å². The van der Waals surface area contributed by atoms with Gasteiger partial charge in [-0.2, -0.15) is 10.3 Å². The Bertz CT molecular complexity index is 1500. The molecule has 8 heteroatoms. The molecule has 0 bridgehead atoms. The number of rotatable bonds is 9. The maximum Gasteiger partial charge on any atom is 0.346 e. The topological polar surface area (TPSA) is 94.3 Å². The van der Waals surface area contributed by atoms with E-state index in [-0.39, 0.29) is 5.69 Å². The zero-order valence-corrected chi connectivity index (χ0v) is 20.1. The van der Waals surface area contributed by atoms with Gasteiger partial charge in [-0.25, -0.2) is 9.48 Å². The lowest BCUT2D eigenvalue weighted by Crippen LogP contribution is -2.26. The molecular weight excluding hydrogens is 450 g/mol. The second-order valence-electron chi connectivity index (χ2n) is 8.49. The van der Waals surface area contributed by atoms with Crippen LogP contribution in [-0.2, 0) is 25.9 Å². The molecule has 0 aliphatic carbocycles. The van der Waals surface area contributed by atoms with Gasteiger partial charge in [-0.3, -0.25) is 4.57 Å². The molecule has 5 rings (SSSR count). The number of H-pyrrole nitrogens is 1. The molecule has 8 nitrogen and oxygen atoms in total. The second kappa shape index (κ2) is 10.8. The largest absolute Gasteiger partial charge is 0.346 e. The number of benzene rings is 3. The first-order chi connectivity index (χ1) is 17.7. The molecule has 180 valence electrons. The molecule has 0 saturated carbocycles. The SMILES string of the molecule is CC=CCc1nn(CCc2ccccc2)c(=O)n1Cc1ccc(-c2ccccc2-c2nn[nH]n2)cc1. The number of aromatic nitrogens is 7. The summed E-state index contributed by atoms with van der Waals surface area (Å²) in [7, 11) is 0. The van der Waals surface area contributed by atoms with Crippen LogP contribution in [0.25, 0.3) is 22.5 Å². The highest BCUT2D eigenvalue weighted by Gasteiger charge is 2.14. The highest BCUT2D eigenvalue weighted by atomic mass is 16.2. The number of nitrogens with zero attached hydrogens (tertiary/aromatic N) is 6. The summed E-state index contributed by atoms with van der Waals surface area (Å²) in [5.41, 5.74) is 5.10. The predicted octanol–water partition coefficient (Wildman–Crippen LogP) is 4.30. The van der Waals surface area contributed by atoms with E-state index in [1.54, 1.807) is 9.25 Å². The van der Waals surface area contributed by atoms with Crippen LogP contribution in [0, 0.1) is 0 Å². The van der Waals surface area contributed by atoms with Crippen molar-refractivity contribution in [2.45, 2.75) is 32.9 Å². The Kier molecular flexibility index (Phi) is 6.93. The zero-order chi connectivity index (χ0) is 24.7. The lowest BCUT2D eigenvalue weighted by atomic mass is 9.98. The van der Waals surface area contributed by atoms with Crippen LogP contribution in [0.1, 0.15) is 23.9 Å². The first-order valence-electron chi connectivity index (χ1n) is 12.0. The number of aryl methyl sites for hydroxylation is 2. The maximum absolute atomic E-state index is 13.3. The minimum atomic E-state index is -0.0861. The molecule has 0 spiro atoms. The second-order valence-corrected chi connectivity index (χ2v) is 8.49. The number of tetrazole rings is 1. The molecule has 0 atom stereocenters. The summed E-state index contributed by atoms with van der Waals surface area (Å²) < 4.78 is 3.36. The van der Waals surface area contributed by atoms with Gasteiger partial charge in [0, 0.05) is 12.0 Å². The molecule has 0 aliphatic rings. The fourth-order valence-electron chi connectivity index (χ4n) is 4.22. The molecule has 0 radical (unpaired) electrons. The van der Waals surface area contributed by atoms with E-state index in [0.717, 1.165) is 34.5 Å². The number of aromatic amines is 1. The standard InChI is InChI=1S/C28H27N7O/c1-2-3-13-26-31-35(19-18-21-9-5-4-6-10-21)28(36)34(26)20-22-14-16-23(17-15-22)24-11-7-8-12-25(24)27-29-32-33-30-27/h2-12,14-17H,13,18-20H2,1H3,(H,29,30,32,33). The average molecular weight is 478 g/mol. The molecule has 0 saturated heterocycles. The first-order valence-corrected chi connectivity index (χ1v) is 12.0. The van der Waals surface area contributed by atoms with E-state index in [1.807, 2.05) is 61.5 Å². The smallest absolute Gasteiger partial charge is 0.274 e. The molecule has 2 heterocycles. The number of hydrogen-bond donors (Lipinski definition) is 1. The van der Waals surface area contributed by atoms with Gasteiger partial charge in [-0.05, 0) is 40.8 Å². The van der Waals surface area contributed by atoms with Crippen LogP contribution in [0.3, 0.4) is 0 Å². The first kappa shape index (κ1) is 23.2. The third-order valence-corrected chi connectivity index (χ3v) is 6.11. The third-order valence-electron chi connectivity index (χ3n) is 6.11. The average Bonchev–Trinajstić information content (AvgIpc) is 3.56. The van der Waals surface area contributed by atoms with E-state index in [4.69, 9.17) is 0 Å². The van der Waals surface area contributed by atoms with E-state index < -0.39 is 0 Å². The summed E-state index contributed by atoms with van der Waals surface area (Å²) >= 11 is 0. The molecule has 2 aromatic heterocycles. The summed E-state index contributed by atoms with van der Waals surface area (Å²) in [5.74, 6) is 1.32. The summed E-state index contributed by atoms with van der Waals surface area (Å²) in [6, 6.07) is 26.3. The molecule has 0 fully saturated rings. The fraction of sp³-hybridized carbons (Fsp3) is 0.179. The Hall–Kier alpha value is -4.59. The number of nitrogens with one attached hydrogen (secondary N) is 1. The van der Waals surface area contributed by atoms with Crippen molar-refractivity contribution in [3.8, 4) is 22.5 Å². The summed E-state index contributed by atoms with van der Waals surface area (Å²) in [4.78, 5) is 13.3. The van der Waals surface area contributed by atoms with Gasteiger partial charge >= 0.3 is 5.69 Å². The molecule has 3 aromatic carbocycles. The van der Waals surface area contributed by atoms with Crippen LogP contribution < -0.4 is 5.69 Å². The lowest BCUT2D eigenvalue weighted by molar-refractivity contribution is 0.579. The van der Waals surface area contributed by atoms with E-state index in [1.165, 1.54) is 5.56 Å². The highest BCUT2D eigenvalue weighted by molar-refractivity contribution is 5.80. The fourth-order valence-corrected chi connectivity index (χ4v) is 4.22. The molecular formula is C28H27N7O. The normalized spacial score (nSPS) is 11.4. The quantitative estimate of drug-likeness (QED) is 0.320. The Morgan fingerprint density at radius 2 is 1.64 bits per heavy atom. The Morgan fingerprint density at radius 3 is 2.36 bits per heavy atom. The van der Waals surface area contributed by atoms with Crippen molar-refractivity contribution in [3.05, 3.63) is 118 Å². The minimum absolute atomic E-state index is 0.0861. The van der Waals surface area contributed by atoms with Crippen molar-refractivity contribution in [1.29, 1.82) is 0 Å². The van der Waals surface area contributed by atoms with Crippen LogP contribution in [0.5, 0.6) is 0 Å². The molecule has 1 N–H and O–H groups in total. The number of allylic oxidation sites excluding steroid dienone is 2. The van der Waals surface area contributed by atoms with Crippen LogP contribution in [-0.4, -0.2) is 35.0 Å². The van der Waals surface area contributed by atoms with Crippen molar-refractivity contribution in [2.24, 2.45) is 0 Å². The van der Waals surface area contributed by atoms with Crippen molar-refractivity contribution in [3.63, 3.8) is 0 Å². The third kappa shape index (κ3) is 5.07. The predicted molar refractivity (Wildman–Crippen MR) is 139 cm³/mol. The van der Waals surface area contributed by atoms with Crippen molar-refractivity contribution in [1.82, 2.24) is 35.0 Å². The van der Waals surface area contributed by atoms with Gasteiger partial charge in [0.1, 0.15) is 5.82 Å². The maximum atomic E-state index is 13.3. The van der Waals surface area contributed by atoms with Gasteiger partial charge in [0.2, 0.25) is 5.82 Å². The molecule has 0 amide bonds. The van der Waals surface area contributed by atoms with E-state index >= 15 is 0 Å². The highest BCUT2D eigenvalue weighted by Crippen LogP contribution is 2.29. The summed E-state index contributed by atoms with van der Waals surface area (Å²) in [6.45, 7) is 2.98. The van der Waals surface area contributed by atoms with Crippen LogP contribution in [0.2, 0.25) is 0 Å². The van der Waals surface area contributed by atoms with Gasteiger partial charge in [0.15, 0.2) is 0 Å². The van der Waals surface area contributed by atoms with Crippen molar-refractivity contribution >= 4 is 0 Å². The van der Waals surface area contributed by atoms with E-state index in [9.17, 15) is 4.79 Å². The van der Waals surface area contributed by atoms with E-state index in [0.29, 0.717) is 25.3 Å². The Balaban J connectivity index is 1.39. The van der Waals surface area contributed by atoms with Crippen LogP contribution >= 0.6 is 0 Å². The van der Waals surface area contributed by atoms with Gasteiger partial charge in [-0.15, -0.1) is 10.2 Å². The lowest BCUT2D eigenvalue weighted by Gasteiger charge is -2.09. The van der Waals surface area contributed by atoms with Crippen molar-refractivity contribution in [2.75, 3.05) is 0 Å². The van der Waals surface area contributed by atoms with Crippen LogP contribution in [0.4, 0.5) is 0 Å². The molecule has 0 unspecified atom stereocenters.